The number of aromatic nitrogens is 4. The Morgan fingerprint density at radius 3 is 2.62 bits per heavy atom. The van der Waals surface area contributed by atoms with E-state index in [0.29, 0.717) is 45.0 Å². The molecule has 0 fully saturated rings. The highest BCUT2D eigenvalue weighted by molar-refractivity contribution is 6.33. The van der Waals surface area contributed by atoms with Crippen LogP contribution in [0.2, 0.25) is 5.02 Å². The van der Waals surface area contributed by atoms with Crippen molar-refractivity contribution in [3.05, 3.63) is 65.2 Å². The first-order valence-electron chi connectivity index (χ1n) is 9.71. The lowest BCUT2D eigenvalue weighted by Gasteiger charge is -2.10. The Morgan fingerprint density at radius 1 is 1.03 bits per heavy atom. The molecule has 0 aliphatic carbocycles. The average molecular weight is 454 g/mol. The molecule has 0 aliphatic heterocycles. The van der Waals surface area contributed by atoms with Crippen LogP contribution in [0.3, 0.4) is 0 Å². The van der Waals surface area contributed by atoms with Crippen LogP contribution >= 0.6 is 11.6 Å². The van der Waals surface area contributed by atoms with Crippen molar-refractivity contribution in [1.82, 2.24) is 25.1 Å². The van der Waals surface area contributed by atoms with Crippen LogP contribution in [0.25, 0.3) is 17.0 Å². The van der Waals surface area contributed by atoms with Gasteiger partial charge in [0.15, 0.2) is 23.0 Å². The number of fused-ring (bicyclic) bond motifs is 1. The van der Waals surface area contributed by atoms with Crippen molar-refractivity contribution in [2.24, 2.45) is 0 Å². The number of carbonyl (C=O) groups is 1. The normalized spacial score (nSPS) is 10.7. The summed E-state index contributed by atoms with van der Waals surface area (Å²) in [6.07, 6.45) is 0. The van der Waals surface area contributed by atoms with Crippen LogP contribution in [0.5, 0.6) is 17.4 Å². The molecule has 32 heavy (non-hydrogen) atoms. The molecule has 10 heteroatoms. The third-order valence-corrected chi connectivity index (χ3v) is 4.97. The standard InChI is InChI=1S/C22H20ClN5O4/c1-30-17-8-7-14(13-18(17)31-2)22(29)24-11-12-32-20-10-9-19-25-26-21(28(19)27-20)15-5-3-4-6-16(15)23/h3-10,13H,11-12H2,1-2H3,(H,24,29). The van der Waals surface area contributed by atoms with Gasteiger partial charge in [-0.25, -0.2) is 0 Å². The average Bonchev–Trinajstić information content (AvgIpc) is 3.24. The van der Waals surface area contributed by atoms with Crippen LogP contribution in [-0.4, -0.2) is 53.1 Å². The van der Waals surface area contributed by atoms with Gasteiger partial charge in [0.2, 0.25) is 5.88 Å². The Balaban J connectivity index is 1.39. The summed E-state index contributed by atoms with van der Waals surface area (Å²) in [7, 11) is 3.06. The van der Waals surface area contributed by atoms with Gasteiger partial charge in [0.1, 0.15) is 6.61 Å². The van der Waals surface area contributed by atoms with E-state index in [-0.39, 0.29) is 19.1 Å². The molecule has 0 saturated heterocycles. The molecule has 2 aromatic carbocycles. The SMILES string of the molecule is COc1ccc(C(=O)NCCOc2ccc3nnc(-c4ccccc4Cl)n3n2)cc1OC. The van der Waals surface area contributed by atoms with Crippen LogP contribution in [0, 0.1) is 0 Å². The summed E-state index contributed by atoms with van der Waals surface area (Å²) in [4.78, 5) is 12.4. The first-order valence-corrected chi connectivity index (χ1v) is 10.1. The molecule has 0 atom stereocenters. The lowest BCUT2D eigenvalue weighted by molar-refractivity contribution is 0.0946. The predicted octanol–water partition coefficient (Wildman–Crippen LogP) is 3.27. The zero-order chi connectivity index (χ0) is 22.5. The smallest absolute Gasteiger partial charge is 0.251 e. The fourth-order valence-corrected chi connectivity index (χ4v) is 3.28. The highest BCUT2D eigenvalue weighted by Crippen LogP contribution is 2.28. The lowest BCUT2D eigenvalue weighted by atomic mass is 10.2. The summed E-state index contributed by atoms with van der Waals surface area (Å²) in [5.74, 6) is 1.66. The molecule has 4 aromatic rings. The van der Waals surface area contributed by atoms with Crippen molar-refractivity contribution in [2.45, 2.75) is 0 Å². The van der Waals surface area contributed by atoms with E-state index in [2.05, 4.69) is 20.6 Å². The van der Waals surface area contributed by atoms with Crippen molar-refractivity contribution in [1.29, 1.82) is 0 Å². The number of ether oxygens (including phenoxy) is 3. The number of hydrogen-bond donors (Lipinski definition) is 1. The zero-order valence-corrected chi connectivity index (χ0v) is 18.2. The summed E-state index contributed by atoms with van der Waals surface area (Å²) in [5, 5.41) is 16.1. The summed E-state index contributed by atoms with van der Waals surface area (Å²) in [6, 6.07) is 15.7. The van der Waals surface area contributed by atoms with Gasteiger partial charge in [-0.05, 0) is 36.4 Å². The van der Waals surface area contributed by atoms with Gasteiger partial charge in [0.25, 0.3) is 5.91 Å². The summed E-state index contributed by atoms with van der Waals surface area (Å²) in [6.45, 7) is 0.507. The van der Waals surface area contributed by atoms with Crippen LogP contribution in [-0.2, 0) is 0 Å². The fourth-order valence-electron chi connectivity index (χ4n) is 3.06. The van der Waals surface area contributed by atoms with E-state index < -0.39 is 0 Å². The number of methoxy groups -OCH3 is 2. The second kappa shape index (κ2) is 9.52. The van der Waals surface area contributed by atoms with Gasteiger partial charge in [-0.3, -0.25) is 4.79 Å². The maximum absolute atomic E-state index is 12.4. The molecule has 0 bridgehead atoms. The Morgan fingerprint density at radius 2 is 1.84 bits per heavy atom. The molecule has 0 radical (unpaired) electrons. The van der Waals surface area contributed by atoms with Crippen LogP contribution in [0.1, 0.15) is 10.4 Å². The van der Waals surface area contributed by atoms with Crippen molar-refractivity contribution in [2.75, 3.05) is 27.4 Å². The zero-order valence-electron chi connectivity index (χ0n) is 17.4. The van der Waals surface area contributed by atoms with Crippen molar-refractivity contribution in [3.8, 4) is 28.8 Å². The molecule has 2 aromatic heterocycles. The molecular weight excluding hydrogens is 434 g/mol. The van der Waals surface area contributed by atoms with Gasteiger partial charge in [0.05, 0.1) is 25.8 Å². The van der Waals surface area contributed by atoms with Gasteiger partial charge in [-0.1, -0.05) is 23.7 Å². The van der Waals surface area contributed by atoms with E-state index in [9.17, 15) is 4.79 Å². The second-order valence-electron chi connectivity index (χ2n) is 6.62. The molecule has 1 amide bonds. The molecule has 0 aliphatic rings. The highest BCUT2D eigenvalue weighted by atomic mass is 35.5. The summed E-state index contributed by atoms with van der Waals surface area (Å²) < 4.78 is 17.7. The first-order chi connectivity index (χ1) is 15.6. The molecule has 9 nitrogen and oxygen atoms in total. The molecular formula is C22H20ClN5O4. The summed E-state index contributed by atoms with van der Waals surface area (Å²) in [5.41, 5.74) is 1.73. The molecule has 4 rings (SSSR count). The van der Waals surface area contributed by atoms with E-state index in [0.717, 1.165) is 0 Å². The minimum atomic E-state index is -0.252. The van der Waals surface area contributed by atoms with Crippen LogP contribution < -0.4 is 19.5 Å². The Hall–Kier alpha value is -3.85. The minimum Gasteiger partial charge on any atom is -0.493 e. The molecule has 0 saturated carbocycles. The fraction of sp³-hybridized carbons (Fsp3) is 0.182. The molecule has 0 unspecified atom stereocenters. The van der Waals surface area contributed by atoms with Gasteiger partial charge in [0, 0.05) is 17.2 Å². The number of rotatable bonds is 8. The maximum Gasteiger partial charge on any atom is 0.251 e. The summed E-state index contributed by atoms with van der Waals surface area (Å²) >= 11 is 6.28. The van der Waals surface area contributed by atoms with Crippen LogP contribution in [0.15, 0.2) is 54.6 Å². The number of benzene rings is 2. The quantitative estimate of drug-likeness (QED) is 0.409. The third-order valence-electron chi connectivity index (χ3n) is 4.64. The number of nitrogens with zero attached hydrogens (tertiary/aromatic N) is 4. The van der Waals surface area contributed by atoms with Gasteiger partial charge in [-0.2, -0.15) is 4.52 Å². The van der Waals surface area contributed by atoms with Gasteiger partial charge >= 0.3 is 0 Å². The Kier molecular flexibility index (Phi) is 6.37. The van der Waals surface area contributed by atoms with Crippen LogP contribution in [0.4, 0.5) is 0 Å². The van der Waals surface area contributed by atoms with E-state index in [1.54, 1.807) is 40.9 Å². The Labute approximate surface area is 188 Å². The number of amides is 1. The second-order valence-corrected chi connectivity index (χ2v) is 7.03. The molecule has 2 heterocycles. The van der Waals surface area contributed by atoms with Crippen molar-refractivity contribution >= 4 is 23.2 Å². The molecule has 1 N–H and O–H groups in total. The molecule has 164 valence electrons. The number of nitrogens with one attached hydrogen (secondary N) is 1. The maximum atomic E-state index is 12.4. The monoisotopic (exact) mass is 453 g/mol. The van der Waals surface area contributed by atoms with Crippen molar-refractivity contribution < 1.29 is 19.0 Å². The third kappa shape index (κ3) is 4.42. The van der Waals surface area contributed by atoms with E-state index >= 15 is 0 Å². The van der Waals surface area contributed by atoms with E-state index in [1.807, 2.05) is 18.2 Å². The van der Waals surface area contributed by atoms with Gasteiger partial charge < -0.3 is 19.5 Å². The number of hydrogen-bond acceptors (Lipinski definition) is 7. The van der Waals surface area contributed by atoms with Gasteiger partial charge in [-0.15, -0.1) is 15.3 Å². The van der Waals surface area contributed by atoms with E-state index in [1.165, 1.54) is 14.2 Å². The highest BCUT2D eigenvalue weighted by Gasteiger charge is 2.13. The lowest BCUT2D eigenvalue weighted by Crippen LogP contribution is -2.28. The number of halogens is 1. The topological polar surface area (TPSA) is 99.9 Å². The number of carbonyl (C=O) groups excluding carboxylic acids is 1. The predicted molar refractivity (Wildman–Crippen MR) is 119 cm³/mol. The largest absolute Gasteiger partial charge is 0.493 e. The first kappa shape index (κ1) is 21.4. The molecule has 0 spiro atoms. The minimum absolute atomic E-state index is 0.223. The van der Waals surface area contributed by atoms with E-state index in [4.69, 9.17) is 25.8 Å². The Bertz CT molecular complexity index is 1260. The van der Waals surface area contributed by atoms with Crippen molar-refractivity contribution in [3.63, 3.8) is 0 Å².